The van der Waals surface area contributed by atoms with Gasteiger partial charge >= 0.3 is 5.97 Å². The number of aliphatic hydroxyl groups is 1. The number of hydrogen-bond donors (Lipinski definition) is 2. The smallest absolute Gasteiger partial charge is 0.308 e. The summed E-state index contributed by atoms with van der Waals surface area (Å²) in [4.78, 5) is 14.6. The largest absolute Gasteiger partial charge is 0.459 e. The molecule has 12 bridgehead atoms. The molecule has 0 aliphatic carbocycles. The summed E-state index contributed by atoms with van der Waals surface area (Å²) in [6, 6.07) is 0. The quantitative estimate of drug-likeness (QED) is 0.258. The lowest BCUT2D eigenvalue weighted by Gasteiger charge is -2.54. The zero-order chi connectivity index (χ0) is 51.7. The fourth-order valence-electron chi connectivity index (χ4n) is 17.8. The summed E-state index contributed by atoms with van der Waals surface area (Å²) in [6.07, 6.45) is 4.05. The molecule has 0 radical (unpaired) electrons. The number of fused-ring (bicyclic) bond motifs is 10. The Kier molecular flexibility index (Phi) is 12.8. The third kappa shape index (κ3) is 8.56. The van der Waals surface area contributed by atoms with E-state index in [1.54, 1.807) is 0 Å². The van der Waals surface area contributed by atoms with E-state index in [9.17, 15) is 9.90 Å². The summed E-state index contributed by atoms with van der Waals surface area (Å²) in [5.41, 5.74) is 8.12. The lowest BCUT2D eigenvalue weighted by molar-refractivity contribution is -0.370. The number of esters is 1. The second-order valence-corrected chi connectivity index (χ2v) is 26.7. The lowest BCUT2D eigenvalue weighted by Crippen LogP contribution is -2.63. The van der Waals surface area contributed by atoms with Gasteiger partial charge in [0.05, 0.1) is 116 Å². The second kappa shape index (κ2) is 18.9. The first kappa shape index (κ1) is 51.2. The average molecular weight is 1070 g/mol. The van der Waals surface area contributed by atoms with Crippen LogP contribution in [-0.2, 0) is 75.8 Å². The van der Waals surface area contributed by atoms with Gasteiger partial charge in [-0.15, -0.1) is 0 Å². The van der Waals surface area contributed by atoms with Crippen LogP contribution < -0.4 is 5.73 Å². The van der Waals surface area contributed by atoms with Crippen molar-refractivity contribution in [1.82, 2.24) is 0 Å². The molecule has 31 atom stereocenters. The number of carbonyl (C=O) groups excluding carboxylic acids is 1. The summed E-state index contributed by atoms with van der Waals surface area (Å²) in [5, 5.41) is 10.9. The first-order valence-electron chi connectivity index (χ1n) is 29.8. The summed E-state index contributed by atoms with van der Waals surface area (Å²) in [7, 11) is 0. The van der Waals surface area contributed by atoms with Gasteiger partial charge in [-0.2, -0.15) is 0 Å². The average Bonchev–Trinajstić information content (AvgIpc) is 4.36. The van der Waals surface area contributed by atoms with Crippen molar-refractivity contribution in [1.29, 1.82) is 0 Å². The second-order valence-electron chi connectivity index (χ2n) is 26.7. The molecule has 76 heavy (non-hydrogen) atoms. The molecule has 3 N–H and O–H groups in total. The molecular weight excluding hydrogens is 983 g/mol. The van der Waals surface area contributed by atoms with Crippen molar-refractivity contribution < 1.29 is 81.0 Å². The van der Waals surface area contributed by atoms with Crippen molar-refractivity contribution in [3.8, 4) is 0 Å². The van der Waals surface area contributed by atoms with Crippen LogP contribution in [0.4, 0.5) is 0 Å². The van der Waals surface area contributed by atoms with Crippen LogP contribution in [-0.4, -0.2) is 181 Å². The molecule has 0 saturated carbocycles. The summed E-state index contributed by atoms with van der Waals surface area (Å²) >= 11 is 0. The van der Waals surface area contributed by atoms with E-state index in [-0.39, 0.29) is 152 Å². The number of carbonyl (C=O) groups is 1. The number of nitrogens with two attached hydrogens (primary N) is 1. The normalized spacial score (nSPS) is 59.3. The Bertz CT molecular complexity index is 2270. The Hall–Kier alpha value is -1.69. The van der Waals surface area contributed by atoms with Crippen molar-refractivity contribution in [3.63, 3.8) is 0 Å². The van der Waals surface area contributed by atoms with Crippen LogP contribution in [0.5, 0.6) is 0 Å². The summed E-state index contributed by atoms with van der Waals surface area (Å²) < 4.78 is 103. The van der Waals surface area contributed by atoms with E-state index in [4.69, 9.17) is 76.8 Å². The van der Waals surface area contributed by atoms with E-state index in [2.05, 4.69) is 40.9 Å². The number of rotatable bonds is 1. The van der Waals surface area contributed by atoms with Gasteiger partial charge in [0.15, 0.2) is 17.4 Å². The zero-order valence-electron chi connectivity index (χ0n) is 44.9. The van der Waals surface area contributed by atoms with Crippen LogP contribution in [0.3, 0.4) is 0 Å². The fraction of sp³-hybridized carbons (Fsp3) is 0.914. The van der Waals surface area contributed by atoms with E-state index < -0.39 is 54.0 Å². The van der Waals surface area contributed by atoms with E-state index in [0.717, 1.165) is 49.7 Å². The minimum absolute atomic E-state index is 0.00857. The molecule has 16 fully saturated rings. The van der Waals surface area contributed by atoms with Gasteiger partial charge in [0.25, 0.3) is 0 Å². The SMILES string of the molecule is C=C1C[C@@H]2CC[C@@]34CC5O[C@H]6[C@@H](O3)[C@H]3O[C@H](CC[C@@H]3O[C@H]6C5O4)CC(=O)O[C@@H]3[C@@H](C)[C@@H]4O[C@@H]5C[C@]6(C[C@@H]7O[C@]8(C[C@H](C)[C@@H]9O[C@H](CN)[C@H](O)C[C@@H]9O8)C[C@H](C)[C@@H]7O6)O[C@@H]5C[C@@H]4O[C@H]3C[C@H]3O[C@@H](CC[C@@H]1O2)C[C@@H](C)C3=C. The number of hydrogen-bond acceptors (Lipinski definition) is 18. The Labute approximate surface area is 446 Å². The van der Waals surface area contributed by atoms with Gasteiger partial charge in [0.1, 0.15) is 36.6 Å². The van der Waals surface area contributed by atoms with E-state index >= 15 is 0 Å². The molecule has 18 heteroatoms. The predicted octanol–water partition coefficient (Wildman–Crippen LogP) is 5.14. The molecule has 16 aliphatic heterocycles. The number of ether oxygens (including phenoxy) is 15. The number of aliphatic hydroxyl groups excluding tert-OH is 1. The van der Waals surface area contributed by atoms with Gasteiger partial charge < -0.3 is 81.9 Å². The Morgan fingerprint density at radius 3 is 2.03 bits per heavy atom. The van der Waals surface area contributed by atoms with Crippen LogP contribution in [0.15, 0.2) is 24.3 Å². The predicted molar refractivity (Wildman–Crippen MR) is 265 cm³/mol. The molecule has 0 aromatic heterocycles. The van der Waals surface area contributed by atoms with Gasteiger partial charge in [0, 0.05) is 70.3 Å². The summed E-state index contributed by atoms with van der Waals surface area (Å²) in [5.74, 6) is -2.57. The third-order valence-electron chi connectivity index (χ3n) is 21.4. The van der Waals surface area contributed by atoms with Crippen molar-refractivity contribution in [3.05, 3.63) is 24.3 Å². The van der Waals surface area contributed by atoms with Gasteiger partial charge in [-0.25, -0.2) is 0 Å². The highest BCUT2D eigenvalue weighted by molar-refractivity contribution is 5.70. The van der Waals surface area contributed by atoms with Gasteiger partial charge in [-0.1, -0.05) is 40.9 Å². The highest BCUT2D eigenvalue weighted by Gasteiger charge is 2.70. The van der Waals surface area contributed by atoms with E-state index in [0.29, 0.717) is 64.2 Å². The molecule has 0 aromatic carbocycles. The topological polar surface area (TPSA) is 202 Å². The van der Waals surface area contributed by atoms with Crippen molar-refractivity contribution >= 4 is 5.97 Å². The molecular formula is C58H83NO17. The first-order chi connectivity index (χ1) is 36.6. The van der Waals surface area contributed by atoms with Crippen molar-refractivity contribution in [2.24, 2.45) is 29.4 Å². The van der Waals surface area contributed by atoms with Crippen molar-refractivity contribution in [2.45, 2.75) is 301 Å². The Morgan fingerprint density at radius 2 is 1.17 bits per heavy atom. The molecule has 2 unspecified atom stereocenters. The molecule has 16 saturated heterocycles. The highest BCUT2D eigenvalue weighted by Crippen LogP contribution is 2.57. The third-order valence-corrected chi connectivity index (χ3v) is 21.4. The van der Waals surface area contributed by atoms with Gasteiger partial charge in [-0.05, 0) is 73.8 Å². The maximum absolute atomic E-state index is 14.6. The first-order valence-corrected chi connectivity index (χ1v) is 29.8. The molecule has 16 aliphatic rings. The maximum atomic E-state index is 14.6. The van der Waals surface area contributed by atoms with Gasteiger partial charge in [0.2, 0.25) is 0 Å². The minimum Gasteiger partial charge on any atom is -0.459 e. The molecule has 422 valence electrons. The summed E-state index contributed by atoms with van der Waals surface area (Å²) in [6.45, 7) is 18.2. The molecule has 0 aromatic rings. The Morgan fingerprint density at radius 1 is 0.500 bits per heavy atom. The minimum atomic E-state index is -0.897. The standard InChI is InChI=1S/C58H83NO17/c1-25-13-31-7-9-35-26(2)14-33(62-35)11-12-56-22-43-52(75-56)53-54(68-43)55(76-56)51-36(66-53)10-8-32(64-51)15-46(61)70-50-30(6)49-40(65-39(50)17-37(63-31)29(25)5)18-38-42(67-49)21-58(71-38)23-44-48(74-58)28(4)20-57(73-44)19-27(3)47-41(72-57)16-34(60)45(24-59)69-47/h25,27-28,30-45,47-55,60H,2,5,7-24,59H2,1,3-4,6H3/t25-,27+,28+,30+,31+,32-,33+,34-,35+,36+,37-,38-,39+,40+,41+,42-,43?,44+,45-,47+,48+,49+,50-,51+,52?,53+,54-,55+,56+,57-,58+/m1/s1. The van der Waals surface area contributed by atoms with Crippen LogP contribution in [0.25, 0.3) is 0 Å². The monoisotopic (exact) mass is 1070 g/mol. The molecule has 0 amide bonds. The molecule has 16 rings (SSSR count). The maximum Gasteiger partial charge on any atom is 0.308 e. The van der Waals surface area contributed by atoms with Crippen LogP contribution >= 0.6 is 0 Å². The Balaban J connectivity index is 0.669. The molecule has 3 spiro atoms. The van der Waals surface area contributed by atoms with E-state index in [1.165, 1.54) is 0 Å². The fourth-order valence-corrected chi connectivity index (χ4v) is 17.8. The molecule has 18 nitrogen and oxygen atoms in total. The van der Waals surface area contributed by atoms with Gasteiger partial charge in [-0.3, -0.25) is 4.79 Å². The molecule has 16 heterocycles. The van der Waals surface area contributed by atoms with Crippen LogP contribution in [0.1, 0.15) is 137 Å². The lowest BCUT2D eigenvalue weighted by atomic mass is 9.78. The zero-order valence-corrected chi connectivity index (χ0v) is 44.9. The highest BCUT2D eigenvalue weighted by atomic mass is 16.8. The van der Waals surface area contributed by atoms with Crippen LogP contribution in [0.2, 0.25) is 0 Å². The van der Waals surface area contributed by atoms with E-state index in [1.807, 2.05) is 0 Å². The van der Waals surface area contributed by atoms with Crippen molar-refractivity contribution in [2.75, 3.05) is 6.54 Å². The van der Waals surface area contributed by atoms with Crippen LogP contribution in [0, 0.1) is 23.7 Å².